The van der Waals surface area contributed by atoms with Crippen LogP contribution in [0, 0.1) is 17.8 Å². The number of imidazole rings is 1. The predicted octanol–water partition coefficient (Wildman–Crippen LogP) is 4.40. The first-order chi connectivity index (χ1) is 14.7. The molecule has 0 bridgehead atoms. The minimum absolute atomic E-state index is 0.154. The number of ether oxygens (including phenoxy) is 1. The first kappa shape index (κ1) is 20.0. The Balaban J connectivity index is 1.17. The quantitative estimate of drug-likeness (QED) is 0.770. The second kappa shape index (κ2) is 8.64. The molecule has 5 rings (SSSR count). The highest BCUT2D eigenvalue weighted by molar-refractivity contribution is 5.81. The number of nitrogens with zero attached hydrogens (tertiary/aromatic N) is 2. The molecule has 3 heterocycles. The number of hydrogen-bond acceptors (Lipinski definition) is 4. The lowest BCUT2D eigenvalue weighted by atomic mass is 9.75. The van der Waals surface area contributed by atoms with Crippen molar-refractivity contribution in [3.8, 4) is 11.3 Å². The van der Waals surface area contributed by atoms with Crippen molar-refractivity contribution in [1.29, 1.82) is 0 Å². The summed E-state index contributed by atoms with van der Waals surface area (Å²) in [4.78, 5) is 17.1. The van der Waals surface area contributed by atoms with Crippen LogP contribution in [-0.4, -0.2) is 39.8 Å². The highest BCUT2D eigenvalue weighted by atomic mass is 16.5. The van der Waals surface area contributed by atoms with Crippen molar-refractivity contribution in [1.82, 2.24) is 9.55 Å². The van der Waals surface area contributed by atoms with Gasteiger partial charge < -0.3 is 14.4 Å². The molecule has 5 heteroatoms. The molecule has 1 aromatic carbocycles. The SMILES string of the molecule is O=C(CC1CCOCC1)C1CCC([C@H](O)C[C@H]2c3ccccc3-c3cncn32)CC1. The van der Waals surface area contributed by atoms with Crippen LogP contribution in [0.15, 0.2) is 36.8 Å². The molecular weight excluding hydrogens is 376 g/mol. The highest BCUT2D eigenvalue weighted by Crippen LogP contribution is 2.43. The highest BCUT2D eigenvalue weighted by Gasteiger charge is 2.35. The Bertz CT molecular complexity index is 878. The summed E-state index contributed by atoms with van der Waals surface area (Å²) in [5.41, 5.74) is 3.66. The van der Waals surface area contributed by atoms with Crippen LogP contribution in [-0.2, 0) is 9.53 Å². The number of aliphatic hydroxyl groups is 1. The van der Waals surface area contributed by atoms with Crippen LogP contribution in [0.5, 0.6) is 0 Å². The van der Waals surface area contributed by atoms with Gasteiger partial charge in [0, 0.05) is 31.1 Å². The van der Waals surface area contributed by atoms with E-state index >= 15 is 0 Å². The maximum atomic E-state index is 12.8. The lowest BCUT2D eigenvalue weighted by Gasteiger charge is -2.33. The van der Waals surface area contributed by atoms with E-state index < -0.39 is 0 Å². The van der Waals surface area contributed by atoms with Gasteiger partial charge in [0.2, 0.25) is 0 Å². The standard InChI is InChI=1S/C25H32N2O3/c28-24(13-17-9-11-30-12-10-17)18-5-7-19(8-6-18)25(29)14-22-20-3-1-2-4-21(20)23-15-26-16-27(22)23/h1-4,15-19,22,25,29H,5-14H2/t18?,19?,22-,25+/m0/s1. The van der Waals surface area contributed by atoms with Crippen molar-refractivity contribution in [2.24, 2.45) is 17.8 Å². The zero-order valence-corrected chi connectivity index (χ0v) is 17.6. The molecule has 30 heavy (non-hydrogen) atoms. The summed E-state index contributed by atoms with van der Waals surface area (Å²) in [6.07, 6.45) is 10.7. The van der Waals surface area contributed by atoms with Crippen molar-refractivity contribution in [3.63, 3.8) is 0 Å². The van der Waals surface area contributed by atoms with Gasteiger partial charge in [0.1, 0.15) is 5.78 Å². The van der Waals surface area contributed by atoms with Crippen LogP contribution >= 0.6 is 0 Å². The molecule has 2 aliphatic heterocycles. The van der Waals surface area contributed by atoms with Crippen LogP contribution in [0.1, 0.15) is 63.0 Å². The number of rotatable bonds is 6. The Morgan fingerprint density at radius 1 is 1.13 bits per heavy atom. The van der Waals surface area contributed by atoms with Gasteiger partial charge in [-0.3, -0.25) is 4.79 Å². The zero-order chi connectivity index (χ0) is 20.5. The second-order valence-corrected chi connectivity index (χ2v) is 9.43. The van der Waals surface area contributed by atoms with Gasteiger partial charge in [-0.25, -0.2) is 4.98 Å². The molecule has 160 valence electrons. The van der Waals surface area contributed by atoms with Crippen molar-refractivity contribution in [2.45, 2.75) is 63.5 Å². The van der Waals surface area contributed by atoms with Crippen LogP contribution in [0.25, 0.3) is 11.3 Å². The van der Waals surface area contributed by atoms with E-state index in [0.717, 1.165) is 63.9 Å². The van der Waals surface area contributed by atoms with Crippen LogP contribution in [0.3, 0.4) is 0 Å². The van der Waals surface area contributed by atoms with Crippen LogP contribution in [0.4, 0.5) is 0 Å². The largest absolute Gasteiger partial charge is 0.393 e. The van der Waals surface area contributed by atoms with Gasteiger partial charge in [0.25, 0.3) is 0 Å². The molecule has 3 aliphatic rings. The Hall–Kier alpha value is -1.98. The minimum atomic E-state index is -0.344. The molecule has 2 fully saturated rings. The number of aliphatic hydroxyl groups excluding tert-OH is 1. The number of ketones is 1. The number of carbonyl (C=O) groups excluding carboxylic acids is 1. The second-order valence-electron chi connectivity index (χ2n) is 9.43. The van der Waals surface area contributed by atoms with Gasteiger partial charge in [-0.05, 0) is 62.3 Å². The first-order valence-corrected chi connectivity index (χ1v) is 11.6. The molecule has 1 aromatic heterocycles. The number of carbonyl (C=O) groups is 1. The molecule has 5 nitrogen and oxygen atoms in total. The molecule has 1 saturated heterocycles. The van der Waals surface area contributed by atoms with E-state index in [0.29, 0.717) is 18.1 Å². The van der Waals surface area contributed by atoms with E-state index in [2.05, 4.69) is 33.8 Å². The monoisotopic (exact) mass is 408 g/mol. The Morgan fingerprint density at radius 2 is 1.90 bits per heavy atom. The molecule has 0 radical (unpaired) electrons. The summed E-state index contributed by atoms with van der Waals surface area (Å²) in [5, 5.41) is 11.1. The summed E-state index contributed by atoms with van der Waals surface area (Å²) in [6, 6.07) is 8.61. The van der Waals surface area contributed by atoms with Gasteiger partial charge in [-0.1, -0.05) is 24.3 Å². The summed E-state index contributed by atoms with van der Waals surface area (Å²) >= 11 is 0. The maximum absolute atomic E-state index is 12.8. The van der Waals surface area contributed by atoms with Gasteiger partial charge in [-0.15, -0.1) is 0 Å². The van der Waals surface area contributed by atoms with Crippen molar-refractivity contribution < 1.29 is 14.6 Å². The lowest BCUT2D eigenvalue weighted by Crippen LogP contribution is -2.31. The average molecular weight is 409 g/mol. The van der Waals surface area contributed by atoms with E-state index in [1.54, 1.807) is 0 Å². The Morgan fingerprint density at radius 3 is 2.70 bits per heavy atom. The fourth-order valence-corrected chi connectivity index (χ4v) is 5.82. The molecule has 2 aromatic rings. The molecule has 1 saturated carbocycles. The fraction of sp³-hybridized carbons (Fsp3) is 0.600. The normalized spacial score (nSPS) is 27.4. The number of fused-ring (bicyclic) bond motifs is 3. The number of benzene rings is 1. The summed E-state index contributed by atoms with van der Waals surface area (Å²) < 4.78 is 7.62. The van der Waals surface area contributed by atoms with Crippen molar-refractivity contribution in [3.05, 3.63) is 42.4 Å². The Labute approximate surface area is 178 Å². The molecule has 0 spiro atoms. The topological polar surface area (TPSA) is 64.3 Å². The van der Waals surface area contributed by atoms with E-state index in [1.165, 1.54) is 11.1 Å². The molecule has 1 N–H and O–H groups in total. The zero-order valence-electron chi connectivity index (χ0n) is 17.6. The molecular formula is C25H32N2O3. The first-order valence-electron chi connectivity index (χ1n) is 11.6. The van der Waals surface area contributed by atoms with E-state index in [-0.39, 0.29) is 24.0 Å². The van der Waals surface area contributed by atoms with Crippen LogP contribution in [0.2, 0.25) is 0 Å². The number of Topliss-reactive ketones (excluding diaryl/α,β-unsaturated/α-hetero) is 1. The molecule has 0 amide bonds. The van der Waals surface area contributed by atoms with Crippen molar-refractivity contribution >= 4 is 5.78 Å². The average Bonchev–Trinajstić information content (AvgIpc) is 3.37. The third-order valence-corrected chi connectivity index (χ3v) is 7.66. The third-order valence-electron chi connectivity index (χ3n) is 7.66. The maximum Gasteiger partial charge on any atom is 0.136 e. The van der Waals surface area contributed by atoms with E-state index in [9.17, 15) is 9.90 Å². The van der Waals surface area contributed by atoms with Gasteiger partial charge >= 0.3 is 0 Å². The summed E-state index contributed by atoms with van der Waals surface area (Å²) in [6.45, 7) is 1.61. The van der Waals surface area contributed by atoms with Crippen molar-refractivity contribution in [2.75, 3.05) is 13.2 Å². The van der Waals surface area contributed by atoms with Gasteiger partial charge in [0.05, 0.1) is 30.4 Å². The number of aromatic nitrogens is 2. The van der Waals surface area contributed by atoms with E-state index in [4.69, 9.17) is 4.74 Å². The fourth-order valence-electron chi connectivity index (χ4n) is 5.82. The van der Waals surface area contributed by atoms with E-state index in [1.807, 2.05) is 12.5 Å². The number of hydrogen-bond donors (Lipinski definition) is 1. The summed E-state index contributed by atoms with van der Waals surface area (Å²) in [5.74, 6) is 1.45. The third kappa shape index (κ3) is 3.85. The smallest absolute Gasteiger partial charge is 0.136 e. The van der Waals surface area contributed by atoms with Gasteiger partial charge in [-0.2, -0.15) is 0 Å². The summed E-state index contributed by atoms with van der Waals surface area (Å²) in [7, 11) is 0. The van der Waals surface area contributed by atoms with Crippen LogP contribution < -0.4 is 0 Å². The lowest BCUT2D eigenvalue weighted by molar-refractivity contribution is -0.126. The molecule has 0 unspecified atom stereocenters. The molecule has 1 aliphatic carbocycles. The predicted molar refractivity (Wildman–Crippen MR) is 115 cm³/mol. The Kier molecular flexibility index (Phi) is 5.74. The van der Waals surface area contributed by atoms with Gasteiger partial charge in [0.15, 0.2) is 0 Å². The minimum Gasteiger partial charge on any atom is -0.393 e. The molecule has 2 atom stereocenters.